The fourth-order valence-electron chi connectivity index (χ4n) is 3.67. The second-order valence-electron chi connectivity index (χ2n) is 7.37. The maximum Gasteiger partial charge on any atom is 0.266 e. The Morgan fingerprint density at radius 2 is 1.83 bits per heavy atom. The molecule has 2 fully saturated rings. The number of likely N-dealkylation sites (tertiary alicyclic amines) is 1. The Labute approximate surface area is 181 Å². The lowest BCUT2D eigenvalue weighted by molar-refractivity contribution is -0.122. The molecule has 0 saturated carbocycles. The summed E-state index contributed by atoms with van der Waals surface area (Å²) in [7, 11) is 0. The molecule has 30 heavy (non-hydrogen) atoms. The number of aliphatic imine (C=N–C) groups is 1. The van der Waals surface area contributed by atoms with Gasteiger partial charge in [0, 0.05) is 25.2 Å². The number of likely N-dealkylation sites (N-methyl/N-ethyl adjacent to an activating group) is 1. The van der Waals surface area contributed by atoms with Gasteiger partial charge in [0.2, 0.25) is 0 Å². The van der Waals surface area contributed by atoms with Crippen molar-refractivity contribution in [1.29, 1.82) is 0 Å². The SMILES string of the molecule is CCN1C(=O)/C(=C\c2ccccc2)SC1=Nc1cccc(C(=O)N2CCCCC2)c1. The van der Waals surface area contributed by atoms with Gasteiger partial charge in [-0.05, 0) is 67.8 Å². The molecule has 154 valence electrons. The number of carbonyl (C=O) groups excluding carboxylic acids is 2. The molecule has 2 amide bonds. The summed E-state index contributed by atoms with van der Waals surface area (Å²) in [5, 5.41) is 0.646. The van der Waals surface area contributed by atoms with E-state index in [4.69, 9.17) is 4.99 Å². The molecule has 2 heterocycles. The summed E-state index contributed by atoms with van der Waals surface area (Å²) in [6, 6.07) is 17.2. The third-order valence-corrected chi connectivity index (χ3v) is 6.27. The lowest BCUT2D eigenvalue weighted by Gasteiger charge is -2.26. The molecule has 2 aliphatic heterocycles. The van der Waals surface area contributed by atoms with Crippen molar-refractivity contribution in [3.8, 4) is 0 Å². The van der Waals surface area contributed by atoms with Crippen molar-refractivity contribution in [2.45, 2.75) is 26.2 Å². The molecule has 2 aromatic rings. The summed E-state index contributed by atoms with van der Waals surface area (Å²) in [5.41, 5.74) is 2.32. The van der Waals surface area contributed by atoms with Gasteiger partial charge in [-0.15, -0.1) is 0 Å². The summed E-state index contributed by atoms with van der Waals surface area (Å²) in [4.78, 5) is 34.6. The van der Waals surface area contributed by atoms with Crippen LogP contribution in [0.2, 0.25) is 0 Å². The summed E-state index contributed by atoms with van der Waals surface area (Å²) in [6.45, 7) is 4.12. The van der Waals surface area contributed by atoms with Gasteiger partial charge in [-0.2, -0.15) is 0 Å². The molecule has 2 aromatic carbocycles. The number of nitrogens with zero attached hydrogens (tertiary/aromatic N) is 3. The largest absolute Gasteiger partial charge is 0.339 e. The lowest BCUT2D eigenvalue weighted by atomic mass is 10.1. The molecular weight excluding hydrogens is 394 g/mol. The first-order valence-corrected chi connectivity index (χ1v) is 11.2. The summed E-state index contributed by atoms with van der Waals surface area (Å²) >= 11 is 1.38. The van der Waals surface area contributed by atoms with Crippen LogP contribution in [0.1, 0.15) is 42.1 Å². The summed E-state index contributed by atoms with van der Waals surface area (Å²) in [5.74, 6) is 0.0227. The second-order valence-corrected chi connectivity index (χ2v) is 8.38. The zero-order valence-electron chi connectivity index (χ0n) is 17.1. The number of carbonyl (C=O) groups is 2. The Bertz CT molecular complexity index is 995. The third-order valence-electron chi connectivity index (χ3n) is 5.26. The Morgan fingerprint density at radius 3 is 2.57 bits per heavy atom. The number of amides is 2. The highest BCUT2D eigenvalue weighted by Crippen LogP contribution is 2.34. The minimum atomic E-state index is -0.0364. The maximum absolute atomic E-state index is 12.8. The normalized spacial score (nSPS) is 19.7. The van der Waals surface area contributed by atoms with Crippen molar-refractivity contribution in [1.82, 2.24) is 9.80 Å². The molecule has 2 saturated heterocycles. The van der Waals surface area contributed by atoms with E-state index in [9.17, 15) is 9.59 Å². The van der Waals surface area contributed by atoms with Gasteiger partial charge in [0.05, 0.1) is 10.6 Å². The van der Waals surface area contributed by atoms with E-state index < -0.39 is 0 Å². The molecular formula is C24H25N3O2S. The molecule has 0 bridgehead atoms. The van der Waals surface area contributed by atoms with Gasteiger partial charge < -0.3 is 4.90 Å². The highest BCUT2D eigenvalue weighted by molar-refractivity contribution is 8.18. The van der Waals surface area contributed by atoms with Crippen molar-refractivity contribution in [2.24, 2.45) is 4.99 Å². The summed E-state index contributed by atoms with van der Waals surface area (Å²) in [6.07, 6.45) is 5.21. The minimum Gasteiger partial charge on any atom is -0.339 e. The maximum atomic E-state index is 12.8. The van der Waals surface area contributed by atoms with Gasteiger partial charge >= 0.3 is 0 Å². The Balaban J connectivity index is 1.58. The first-order chi connectivity index (χ1) is 14.7. The molecule has 0 radical (unpaired) electrons. The van der Waals surface area contributed by atoms with E-state index in [1.807, 2.05) is 72.5 Å². The highest BCUT2D eigenvalue weighted by Gasteiger charge is 2.32. The van der Waals surface area contributed by atoms with Crippen molar-refractivity contribution in [3.63, 3.8) is 0 Å². The average Bonchev–Trinajstić information content (AvgIpc) is 3.08. The van der Waals surface area contributed by atoms with Crippen molar-refractivity contribution < 1.29 is 9.59 Å². The number of amidine groups is 1. The smallest absolute Gasteiger partial charge is 0.266 e. The van der Waals surface area contributed by atoms with E-state index in [1.165, 1.54) is 18.2 Å². The number of hydrogen-bond donors (Lipinski definition) is 0. The van der Waals surface area contributed by atoms with Crippen LogP contribution in [0.3, 0.4) is 0 Å². The average molecular weight is 420 g/mol. The highest BCUT2D eigenvalue weighted by atomic mass is 32.2. The molecule has 5 nitrogen and oxygen atoms in total. The molecule has 6 heteroatoms. The number of piperidine rings is 1. The van der Waals surface area contributed by atoms with Crippen molar-refractivity contribution in [2.75, 3.05) is 19.6 Å². The van der Waals surface area contributed by atoms with Crippen LogP contribution in [0.4, 0.5) is 5.69 Å². The van der Waals surface area contributed by atoms with Crippen LogP contribution in [0, 0.1) is 0 Å². The topological polar surface area (TPSA) is 53.0 Å². The molecule has 0 N–H and O–H groups in total. The van der Waals surface area contributed by atoms with E-state index in [1.54, 1.807) is 4.90 Å². The molecule has 0 atom stereocenters. The van der Waals surface area contributed by atoms with Crippen molar-refractivity contribution >= 4 is 40.5 Å². The second kappa shape index (κ2) is 9.30. The Morgan fingerprint density at radius 1 is 1.07 bits per heavy atom. The monoisotopic (exact) mass is 419 g/mol. The van der Waals surface area contributed by atoms with E-state index in [0.29, 0.717) is 27.9 Å². The molecule has 0 aliphatic carbocycles. The van der Waals surface area contributed by atoms with Gasteiger partial charge in [0.1, 0.15) is 0 Å². The van der Waals surface area contributed by atoms with Crippen LogP contribution >= 0.6 is 11.8 Å². The van der Waals surface area contributed by atoms with E-state index >= 15 is 0 Å². The van der Waals surface area contributed by atoms with Gasteiger partial charge in [-0.25, -0.2) is 4.99 Å². The molecule has 4 rings (SSSR count). The van der Waals surface area contributed by atoms with Crippen molar-refractivity contribution in [3.05, 3.63) is 70.6 Å². The van der Waals surface area contributed by atoms with Crippen LogP contribution in [-0.2, 0) is 4.79 Å². The molecule has 0 spiro atoms. The third kappa shape index (κ3) is 4.49. The first-order valence-electron chi connectivity index (χ1n) is 10.4. The van der Waals surface area contributed by atoms with Gasteiger partial charge in [-0.1, -0.05) is 36.4 Å². The van der Waals surface area contributed by atoms with Crippen LogP contribution in [0.5, 0.6) is 0 Å². The predicted octanol–water partition coefficient (Wildman–Crippen LogP) is 4.94. The van der Waals surface area contributed by atoms with Gasteiger partial charge in [0.15, 0.2) is 5.17 Å². The Kier molecular flexibility index (Phi) is 6.33. The fraction of sp³-hybridized carbons (Fsp3) is 0.292. The predicted molar refractivity (Wildman–Crippen MR) is 123 cm³/mol. The van der Waals surface area contributed by atoms with Gasteiger partial charge in [0.25, 0.3) is 11.8 Å². The molecule has 0 unspecified atom stereocenters. The lowest BCUT2D eigenvalue weighted by Crippen LogP contribution is -2.35. The van der Waals surface area contributed by atoms with Crippen LogP contribution in [0.15, 0.2) is 64.5 Å². The quantitative estimate of drug-likeness (QED) is 0.660. The van der Waals surface area contributed by atoms with Crippen LogP contribution in [0.25, 0.3) is 6.08 Å². The number of thioether (sulfide) groups is 1. The van der Waals surface area contributed by atoms with Crippen LogP contribution in [-0.4, -0.2) is 46.4 Å². The molecule has 0 aromatic heterocycles. The van der Waals surface area contributed by atoms with Gasteiger partial charge in [-0.3, -0.25) is 14.5 Å². The van der Waals surface area contributed by atoms with E-state index in [-0.39, 0.29) is 11.8 Å². The first kappa shape index (κ1) is 20.4. The number of rotatable bonds is 4. The van der Waals surface area contributed by atoms with E-state index in [0.717, 1.165) is 31.5 Å². The summed E-state index contributed by atoms with van der Waals surface area (Å²) < 4.78 is 0. The molecule has 2 aliphatic rings. The fourth-order valence-corrected chi connectivity index (χ4v) is 4.73. The Hall–Kier alpha value is -2.86. The minimum absolute atomic E-state index is 0.0364. The van der Waals surface area contributed by atoms with Crippen LogP contribution < -0.4 is 0 Å². The van der Waals surface area contributed by atoms with E-state index in [2.05, 4.69) is 0 Å². The number of hydrogen-bond acceptors (Lipinski definition) is 4. The zero-order valence-corrected chi connectivity index (χ0v) is 17.9. The number of benzene rings is 2. The standard InChI is InChI=1S/C24H25N3O2S/c1-2-27-23(29)21(16-18-10-5-3-6-11-18)30-24(27)25-20-13-9-12-19(17-20)22(28)26-14-7-4-8-15-26/h3,5-6,9-13,16-17H,2,4,7-8,14-15H2,1H3/b21-16+,25-24?. The zero-order chi connectivity index (χ0) is 20.9.